The molecule has 2 N–H and O–H groups in total. The molecule has 58 valence electrons. The summed E-state index contributed by atoms with van der Waals surface area (Å²) in [4.78, 5) is 22.0. The Morgan fingerprint density at radius 1 is 1.60 bits per heavy atom. The molecule has 0 aromatic rings. The highest BCUT2D eigenvalue weighted by Crippen LogP contribution is 2.07. The maximum atomic E-state index is 10.6. The lowest BCUT2D eigenvalue weighted by Gasteiger charge is -2.28. The van der Waals surface area contributed by atoms with E-state index in [2.05, 4.69) is 0 Å². The lowest BCUT2D eigenvalue weighted by molar-refractivity contribution is -0.134. The van der Waals surface area contributed by atoms with Gasteiger partial charge >= 0.3 is 0 Å². The van der Waals surface area contributed by atoms with Gasteiger partial charge in [-0.2, -0.15) is 0 Å². The van der Waals surface area contributed by atoms with Crippen LogP contribution >= 0.6 is 0 Å². The molecule has 4 heteroatoms. The normalized spacial score (nSPS) is 10.7. The number of carbonyl (C=O) groups excluding carboxylic acids is 2. The molecular weight excluding hydrogens is 132 g/mol. The number of primary amides is 1. The summed E-state index contributed by atoms with van der Waals surface area (Å²) < 4.78 is 0. The summed E-state index contributed by atoms with van der Waals surface area (Å²) in [5, 5.41) is 0. The van der Waals surface area contributed by atoms with Crippen LogP contribution in [-0.4, -0.2) is 29.8 Å². The van der Waals surface area contributed by atoms with Gasteiger partial charge in [-0.15, -0.1) is 0 Å². The number of hydrogen-bond acceptors (Lipinski definition) is 2. The third-order valence-electron chi connectivity index (χ3n) is 1.64. The number of nitrogens with zero attached hydrogens (tertiary/aromatic N) is 1. The minimum absolute atomic E-state index is 0.512. The van der Waals surface area contributed by atoms with Crippen molar-refractivity contribution in [3.63, 3.8) is 0 Å². The molecule has 4 nitrogen and oxygen atoms in total. The van der Waals surface area contributed by atoms with Crippen LogP contribution in [0.1, 0.15) is 13.8 Å². The first-order chi connectivity index (χ1) is 4.42. The minimum Gasteiger partial charge on any atom is -0.368 e. The zero-order valence-electron chi connectivity index (χ0n) is 6.42. The Hall–Kier alpha value is -1.06. The Bertz CT molecular complexity index is 154. The average Bonchev–Trinajstić information content (AvgIpc) is 1.86. The van der Waals surface area contributed by atoms with Gasteiger partial charge in [0, 0.05) is 7.05 Å². The van der Waals surface area contributed by atoms with E-state index < -0.39 is 11.4 Å². The van der Waals surface area contributed by atoms with Crippen LogP contribution in [0.4, 0.5) is 0 Å². The Morgan fingerprint density at radius 2 is 2.00 bits per heavy atom. The number of rotatable bonds is 3. The molecular formula is C6H12N2O2. The molecule has 0 radical (unpaired) electrons. The van der Waals surface area contributed by atoms with Crippen molar-refractivity contribution in [2.45, 2.75) is 19.4 Å². The fourth-order valence-corrected chi connectivity index (χ4v) is 0.306. The zero-order chi connectivity index (χ0) is 8.36. The highest BCUT2D eigenvalue weighted by molar-refractivity contribution is 5.85. The number of nitrogens with two attached hydrogens (primary N) is 1. The molecule has 0 bridgehead atoms. The number of hydrogen-bond donors (Lipinski definition) is 1. The van der Waals surface area contributed by atoms with E-state index in [1.807, 2.05) is 0 Å². The molecule has 0 spiro atoms. The second-order valence-electron chi connectivity index (χ2n) is 2.64. The van der Waals surface area contributed by atoms with Crippen molar-refractivity contribution in [1.82, 2.24) is 4.90 Å². The fourth-order valence-electron chi connectivity index (χ4n) is 0.306. The summed E-state index contributed by atoms with van der Waals surface area (Å²) in [6, 6.07) is 0. The fraction of sp³-hybridized carbons (Fsp3) is 0.667. The molecule has 0 aromatic carbocycles. The summed E-state index contributed by atoms with van der Waals surface area (Å²) in [5.74, 6) is -0.512. The molecule has 2 amide bonds. The number of likely N-dealkylation sites (N-methyl/N-ethyl adjacent to an activating group) is 1. The highest BCUT2D eigenvalue weighted by atomic mass is 16.2. The molecule has 0 aliphatic heterocycles. The summed E-state index contributed by atoms with van der Waals surface area (Å²) in [6.45, 7) is 3.17. The Morgan fingerprint density at radius 3 is 2.10 bits per heavy atom. The predicted molar refractivity (Wildman–Crippen MR) is 37.1 cm³/mol. The third kappa shape index (κ3) is 1.46. The van der Waals surface area contributed by atoms with E-state index in [9.17, 15) is 9.59 Å². The minimum atomic E-state index is -0.887. The van der Waals surface area contributed by atoms with Gasteiger partial charge < -0.3 is 10.6 Å². The summed E-state index contributed by atoms with van der Waals surface area (Å²) in [5.41, 5.74) is 4.12. The summed E-state index contributed by atoms with van der Waals surface area (Å²) >= 11 is 0. The lowest BCUT2D eigenvalue weighted by atomic mass is 10.0. The van der Waals surface area contributed by atoms with Gasteiger partial charge in [0.25, 0.3) is 0 Å². The highest BCUT2D eigenvalue weighted by Gasteiger charge is 2.28. The lowest BCUT2D eigenvalue weighted by Crippen LogP contribution is -2.50. The van der Waals surface area contributed by atoms with Crippen molar-refractivity contribution in [1.29, 1.82) is 0 Å². The monoisotopic (exact) mass is 144 g/mol. The predicted octanol–water partition coefficient (Wildman–Crippen LogP) is -0.662. The van der Waals surface area contributed by atoms with Gasteiger partial charge in [-0.05, 0) is 13.8 Å². The van der Waals surface area contributed by atoms with Gasteiger partial charge in [0.05, 0.1) is 0 Å². The van der Waals surface area contributed by atoms with Crippen molar-refractivity contribution in [2.75, 3.05) is 7.05 Å². The van der Waals surface area contributed by atoms with Crippen LogP contribution in [0.3, 0.4) is 0 Å². The number of carbonyl (C=O) groups is 2. The van der Waals surface area contributed by atoms with Gasteiger partial charge in [-0.1, -0.05) is 0 Å². The van der Waals surface area contributed by atoms with E-state index >= 15 is 0 Å². The second-order valence-corrected chi connectivity index (χ2v) is 2.64. The van der Waals surface area contributed by atoms with E-state index in [0.29, 0.717) is 6.41 Å². The van der Waals surface area contributed by atoms with Gasteiger partial charge in [0.15, 0.2) is 0 Å². The molecule has 0 aromatic heterocycles. The standard InChI is InChI=1S/C6H12N2O2/c1-6(2,5(7)10)8(3)4-9/h4H,1-3H3,(H2,7,10). The van der Waals surface area contributed by atoms with Crippen LogP contribution < -0.4 is 5.73 Å². The first-order valence-corrected chi connectivity index (χ1v) is 2.91. The molecule has 0 aliphatic carbocycles. The van der Waals surface area contributed by atoms with Gasteiger partial charge in [-0.3, -0.25) is 9.59 Å². The Balaban J connectivity index is 4.38. The van der Waals surface area contributed by atoms with E-state index in [1.54, 1.807) is 13.8 Å². The van der Waals surface area contributed by atoms with Gasteiger partial charge in [0.2, 0.25) is 12.3 Å². The van der Waals surface area contributed by atoms with Crippen LogP contribution in [0, 0.1) is 0 Å². The second kappa shape index (κ2) is 2.68. The van der Waals surface area contributed by atoms with Crippen LogP contribution in [0.2, 0.25) is 0 Å². The van der Waals surface area contributed by atoms with Crippen LogP contribution in [0.25, 0.3) is 0 Å². The molecule has 0 rings (SSSR count). The molecule has 10 heavy (non-hydrogen) atoms. The van der Waals surface area contributed by atoms with E-state index in [1.165, 1.54) is 11.9 Å². The van der Waals surface area contributed by atoms with Crippen molar-refractivity contribution >= 4 is 12.3 Å². The van der Waals surface area contributed by atoms with E-state index in [-0.39, 0.29) is 0 Å². The molecule has 0 fully saturated rings. The van der Waals surface area contributed by atoms with Gasteiger partial charge in [0.1, 0.15) is 5.54 Å². The van der Waals surface area contributed by atoms with E-state index in [4.69, 9.17) is 5.73 Å². The van der Waals surface area contributed by atoms with Crippen LogP contribution in [-0.2, 0) is 9.59 Å². The SMILES string of the molecule is CN(C=O)C(C)(C)C(N)=O. The van der Waals surface area contributed by atoms with Crippen molar-refractivity contribution in [3.05, 3.63) is 0 Å². The van der Waals surface area contributed by atoms with Crippen LogP contribution in [0.5, 0.6) is 0 Å². The summed E-state index contributed by atoms with van der Waals surface area (Å²) in [7, 11) is 1.51. The topological polar surface area (TPSA) is 63.4 Å². The van der Waals surface area contributed by atoms with E-state index in [0.717, 1.165) is 0 Å². The molecule has 0 saturated carbocycles. The first kappa shape index (κ1) is 8.94. The van der Waals surface area contributed by atoms with Crippen molar-refractivity contribution in [2.24, 2.45) is 5.73 Å². The van der Waals surface area contributed by atoms with Crippen molar-refractivity contribution in [3.8, 4) is 0 Å². The molecule has 0 saturated heterocycles. The third-order valence-corrected chi connectivity index (χ3v) is 1.64. The molecule has 0 aliphatic rings. The maximum absolute atomic E-state index is 10.6. The average molecular weight is 144 g/mol. The van der Waals surface area contributed by atoms with Crippen molar-refractivity contribution < 1.29 is 9.59 Å². The Kier molecular flexibility index (Phi) is 2.40. The largest absolute Gasteiger partial charge is 0.368 e. The molecule has 0 heterocycles. The zero-order valence-corrected chi connectivity index (χ0v) is 6.42. The Labute approximate surface area is 60.0 Å². The summed E-state index contributed by atoms with van der Waals surface area (Å²) in [6.07, 6.45) is 0.574. The molecule has 0 unspecified atom stereocenters. The number of amides is 2. The maximum Gasteiger partial charge on any atom is 0.242 e. The van der Waals surface area contributed by atoms with Gasteiger partial charge in [-0.25, -0.2) is 0 Å². The van der Waals surface area contributed by atoms with Crippen LogP contribution in [0.15, 0.2) is 0 Å². The smallest absolute Gasteiger partial charge is 0.242 e. The first-order valence-electron chi connectivity index (χ1n) is 2.91. The molecule has 0 atom stereocenters. The quantitative estimate of drug-likeness (QED) is 0.534.